The van der Waals surface area contributed by atoms with Crippen molar-refractivity contribution in [3.05, 3.63) is 41.5 Å². The molecule has 5 nitrogen and oxygen atoms in total. The van der Waals surface area contributed by atoms with E-state index in [1.807, 2.05) is 25.1 Å². The highest BCUT2D eigenvalue weighted by Crippen LogP contribution is 2.50. The van der Waals surface area contributed by atoms with Gasteiger partial charge in [0.05, 0.1) is 24.0 Å². The lowest BCUT2D eigenvalue weighted by atomic mass is 9.85. The van der Waals surface area contributed by atoms with Gasteiger partial charge in [-0.25, -0.2) is 0 Å². The number of hydrogen-bond acceptors (Lipinski definition) is 5. The molecule has 0 aromatic heterocycles. The minimum absolute atomic E-state index is 0.0425. The zero-order valence-electron chi connectivity index (χ0n) is 11.5. The van der Waals surface area contributed by atoms with E-state index in [1.54, 1.807) is 12.1 Å². The first-order chi connectivity index (χ1) is 10.1. The van der Waals surface area contributed by atoms with E-state index in [1.165, 1.54) is 0 Å². The van der Waals surface area contributed by atoms with E-state index in [4.69, 9.17) is 15.5 Å². The van der Waals surface area contributed by atoms with Gasteiger partial charge in [0.25, 0.3) is 0 Å². The van der Waals surface area contributed by atoms with Gasteiger partial charge < -0.3 is 9.57 Å². The molecule has 21 heavy (non-hydrogen) atoms. The van der Waals surface area contributed by atoms with Crippen molar-refractivity contribution in [1.29, 1.82) is 0 Å². The molecule has 4 unspecified atom stereocenters. The number of fused-ring (bicyclic) bond motifs is 5. The maximum absolute atomic E-state index is 12.7. The molecule has 0 radical (unpaired) electrons. The molecule has 2 aliphatic heterocycles. The fourth-order valence-corrected chi connectivity index (χ4v) is 3.82. The number of carbonyl (C=O) groups excluding carboxylic acids is 2. The zero-order chi connectivity index (χ0) is 14.7. The summed E-state index contributed by atoms with van der Waals surface area (Å²) in [7, 11) is 0. The minimum atomic E-state index is -0.719. The molecule has 1 aliphatic carbocycles. The third kappa shape index (κ3) is 1.58. The normalized spacial score (nSPS) is 36.4. The van der Waals surface area contributed by atoms with Gasteiger partial charge in [0.1, 0.15) is 11.7 Å². The average molecular weight is 285 g/mol. The van der Waals surface area contributed by atoms with Crippen molar-refractivity contribution in [3.63, 3.8) is 0 Å². The number of rotatable bonds is 2. The van der Waals surface area contributed by atoms with Crippen LogP contribution in [0.2, 0.25) is 0 Å². The standard InChI is InChI=1S/C16H15NO4/c1-7-2-3-8(21-17)6-9(7)12-15(18)13-10-4-5-11(20-10)14(13)16(12)19/h2-6,10-14H,17H2,1H3. The summed E-state index contributed by atoms with van der Waals surface area (Å²) in [6, 6.07) is 5.22. The molecule has 4 atom stereocenters. The van der Waals surface area contributed by atoms with Crippen molar-refractivity contribution >= 4 is 11.6 Å². The van der Waals surface area contributed by atoms with Gasteiger partial charge in [-0.3, -0.25) is 9.59 Å². The van der Waals surface area contributed by atoms with Gasteiger partial charge in [-0.1, -0.05) is 18.2 Å². The Morgan fingerprint density at radius 3 is 2.29 bits per heavy atom. The second-order valence-electron chi connectivity index (χ2n) is 5.88. The highest BCUT2D eigenvalue weighted by Gasteiger charge is 2.61. The van der Waals surface area contributed by atoms with Gasteiger partial charge >= 0.3 is 0 Å². The van der Waals surface area contributed by atoms with E-state index in [2.05, 4.69) is 0 Å². The molecule has 0 spiro atoms. The van der Waals surface area contributed by atoms with Gasteiger partial charge in [-0.2, -0.15) is 5.90 Å². The second-order valence-corrected chi connectivity index (χ2v) is 5.88. The summed E-state index contributed by atoms with van der Waals surface area (Å²) in [6.45, 7) is 1.88. The van der Waals surface area contributed by atoms with Crippen LogP contribution in [0.25, 0.3) is 0 Å². The molecule has 3 aliphatic rings. The third-order valence-electron chi connectivity index (χ3n) is 4.82. The Morgan fingerprint density at radius 2 is 1.71 bits per heavy atom. The first-order valence-corrected chi connectivity index (χ1v) is 7.00. The molecule has 4 rings (SSSR count). The Hall–Kier alpha value is -1.98. The molecule has 2 bridgehead atoms. The number of ketones is 2. The summed E-state index contributed by atoms with van der Waals surface area (Å²) in [5.41, 5.74) is 1.59. The summed E-state index contributed by atoms with van der Waals surface area (Å²) < 4.78 is 5.64. The zero-order valence-corrected chi connectivity index (χ0v) is 11.5. The quantitative estimate of drug-likeness (QED) is 0.499. The van der Waals surface area contributed by atoms with Gasteiger partial charge in [0, 0.05) is 0 Å². The topological polar surface area (TPSA) is 78.6 Å². The van der Waals surface area contributed by atoms with Crippen LogP contribution in [0.1, 0.15) is 17.0 Å². The number of nitrogens with two attached hydrogens (primary N) is 1. The van der Waals surface area contributed by atoms with E-state index in [-0.39, 0.29) is 35.6 Å². The second kappa shape index (κ2) is 4.26. The number of carbonyl (C=O) groups is 2. The molecule has 1 aromatic rings. The van der Waals surface area contributed by atoms with E-state index < -0.39 is 5.92 Å². The molecule has 2 heterocycles. The van der Waals surface area contributed by atoms with E-state index >= 15 is 0 Å². The maximum atomic E-state index is 12.7. The SMILES string of the molecule is Cc1ccc(ON)cc1C1C(=O)C2C3C=CC(O3)C2C1=O. The predicted octanol–water partition coefficient (Wildman–Crippen LogP) is 1.05. The highest BCUT2D eigenvalue weighted by molar-refractivity contribution is 6.17. The average Bonchev–Trinajstić information content (AvgIpc) is 3.15. The predicted molar refractivity (Wildman–Crippen MR) is 73.5 cm³/mol. The van der Waals surface area contributed by atoms with Gasteiger partial charge in [0.2, 0.25) is 0 Å². The lowest BCUT2D eigenvalue weighted by molar-refractivity contribution is -0.127. The molecular formula is C16H15NO4. The number of Topliss-reactive ketones (excluding diaryl/α,β-unsaturated/α-hetero) is 2. The fourth-order valence-electron chi connectivity index (χ4n) is 3.82. The summed E-state index contributed by atoms with van der Waals surface area (Å²) >= 11 is 0. The maximum Gasteiger partial charge on any atom is 0.154 e. The van der Waals surface area contributed by atoms with Crippen LogP contribution in [0.4, 0.5) is 0 Å². The fraction of sp³-hybridized carbons (Fsp3) is 0.375. The number of aryl methyl sites for hydroxylation is 1. The van der Waals surface area contributed by atoms with Gasteiger partial charge in [-0.15, -0.1) is 0 Å². The highest BCUT2D eigenvalue weighted by atomic mass is 16.6. The molecule has 2 N–H and O–H groups in total. The smallest absolute Gasteiger partial charge is 0.154 e. The Labute approximate surface area is 121 Å². The molecule has 1 aromatic carbocycles. The van der Waals surface area contributed by atoms with Crippen LogP contribution in [0.3, 0.4) is 0 Å². The van der Waals surface area contributed by atoms with Crippen LogP contribution >= 0.6 is 0 Å². The lowest BCUT2D eigenvalue weighted by Crippen LogP contribution is -2.26. The van der Waals surface area contributed by atoms with Crippen molar-refractivity contribution in [2.75, 3.05) is 0 Å². The van der Waals surface area contributed by atoms with Crippen LogP contribution in [0.5, 0.6) is 5.75 Å². The number of ether oxygens (including phenoxy) is 1. The number of hydrogen-bond donors (Lipinski definition) is 1. The van der Waals surface area contributed by atoms with Crippen LogP contribution in [0.15, 0.2) is 30.4 Å². The van der Waals surface area contributed by atoms with Crippen LogP contribution in [-0.2, 0) is 14.3 Å². The first kappa shape index (κ1) is 12.7. The summed E-state index contributed by atoms with van der Waals surface area (Å²) in [6.07, 6.45) is 3.31. The molecular weight excluding hydrogens is 270 g/mol. The van der Waals surface area contributed by atoms with E-state index in [0.29, 0.717) is 11.3 Å². The van der Waals surface area contributed by atoms with Gasteiger partial charge in [0.15, 0.2) is 11.6 Å². The van der Waals surface area contributed by atoms with Crippen LogP contribution < -0.4 is 10.7 Å². The Bertz CT molecular complexity index is 651. The van der Waals surface area contributed by atoms with Gasteiger partial charge in [-0.05, 0) is 30.2 Å². The minimum Gasteiger partial charge on any atom is -0.412 e. The molecule has 1 saturated heterocycles. The van der Waals surface area contributed by atoms with E-state index in [9.17, 15) is 9.59 Å². The van der Waals surface area contributed by atoms with E-state index in [0.717, 1.165) is 5.56 Å². The Balaban J connectivity index is 1.78. The molecule has 5 heteroatoms. The molecule has 1 saturated carbocycles. The van der Waals surface area contributed by atoms with Crippen molar-refractivity contribution in [2.24, 2.45) is 17.7 Å². The summed E-state index contributed by atoms with van der Waals surface area (Å²) in [5.74, 6) is 4.16. The molecule has 2 fully saturated rings. The largest absolute Gasteiger partial charge is 0.412 e. The lowest BCUT2D eigenvalue weighted by Gasteiger charge is -2.15. The van der Waals surface area contributed by atoms with Crippen LogP contribution in [-0.4, -0.2) is 23.8 Å². The Morgan fingerprint density at radius 1 is 1.10 bits per heavy atom. The van der Waals surface area contributed by atoms with Crippen molar-refractivity contribution in [3.8, 4) is 5.75 Å². The van der Waals surface area contributed by atoms with Crippen molar-refractivity contribution in [2.45, 2.75) is 25.0 Å². The summed E-state index contributed by atoms with van der Waals surface area (Å²) in [4.78, 5) is 30.2. The monoisotopic (exact) mass is 285 g/mol. The van der Waals surface area contributed by atoms with Crippen molar-refractivity contribution < 1.29 is 19.2 Å². The Kier molecular flexibility index (Phi) is 2.58. The van der Waals surface area contributed by atoms with Crippen LogP contribution in [0, 0.1) is 18.8 Å². The molecule has 0 amide bonds. The first-order valence-electron chi connectivity index (χ1n) is 7.00. The number of benzene rings is 1. The third-order valence-corrected chi connectivity index (χ3v) is 4.82. The van der Waals surface area contributed by atoms with Crippen molar-refractivity contribution in [1.82, 2.24) is 0 Å². The summed E-state index contributed by atoms with van der Waals surface area (Å²) in [5, 5.41) is 0. The molecule has 108 valence electrons.